The molecule has 104 valence electrons. The summed E-state index contributed by atoms with van der Waals surface area (Å²) in [7, 11) is 3.57. The summed E-state index contributed by atoms with van der Waals surface area (Å²) in [5.41, 5.74) is 5.06. The van der Waals surface area contributed by atoms with Crippen LogP contribution in [0.3, 0.4) is 0 Å². The van der Waals surface area contributed by atoms with Crippen molar-refractivity contribution >= 4 is 5.91 Å². The number of hydrogen-bond donors (Lipinski definition) is 2. The van der Waals surface area contributed by atoms with Crippen molar-refractivity contribution < 1.29 is 9.53 Å². The van der Waals surface area contributed by atoms with Crippen LogP contribution in [0.2, 0.25) is 0 Å². The van der Waals surface area contributed by atoms with E-state index in [1.54, 1.807) is 7.11 Å². The number of nitrogens with zero attached hydrogens (tertiary/aromatic N) is 1. The Bertz CT molecular complexity index is 307. The average Bonchev–Trinajstić information content (AvgIpc) is 3.09. The Morgan fingerprint density at radius 2 is 2.17 bits per heavy atom. The summed E-state index contributed by atoms with van der Waals surface area (Å²) in [6.45, 7) is 1.72. The molecule has 0 aliphatic heterocycles. The second kappa shape index (κ2) is 5.55. The summed E-state index contributed by atoms with van der Waals surface area (Å²) in [6.07, 6.45) is 5.29. The first-order chi connectivity index (χ1) is 8.63. The maximum atomic E-state index is 11.6. The number of carbonyl (C=O) groups excluding carboxylic acids is 1. The van der Waals surface area contributed by atoms with E-state index in [1.165, 1.54) is 12.8 Å². The molecule has 0 saturated heterocycles. The standard InChI is InChI=1S/C13H25N3O2/c1-15-13(12(14)17)6-5-11(9-13)16(7-8-18-2)10-3-4-10/h10-11,15H,3-9H2,1-2H3,(H2,14,17). The summed E-state index contributed by atoms with van der Waals surface area (Å²) in [4.78, 5) is 14.2. The van der Waals surface area contributed by atoms with E-state index in [2.05, 4.69) is 10.2 Å². The number of nitrogens with one attached hydrogen (secondary N) is 1. The number of ether oxygens (including phenoxy) is 1. The lowest BCUT2D eigenvalue weighted by molar-refractivity contribution is -0.124. The molecule has 0 spiro atoms. The van der Waals surface area contributed by atoms with Gasteiger partial charge in [0, 0.05) is 25.7 Å². The Hall–Kier alpha value is -0.650. The normalized spacial score (nSPS) is 32.1. The number of hydrogen-bond acceptors (Lipinski definition) is 4. The first-order valence-corrected chi connectivity index (χ1v) is 6.86. The van der Waals surface area contributed by atoms with Crippen LogP contribution >= 0.6 is 0 Å². The molecule has 2 rings (SSSR count). The van der Waals surface area contributed by atoms with Crippen molar-refractivity contribution in [3.63, 3.8) is 0 Å². The third kappa shape index (κ3) is 2.68. The van der Waals surface area contributed by atoms with Gasteiger partial charge in [0.25, 0.3) is 0 Å². The quantitative estimate of drug-likeness (QED) is 0.677. The van der Waals surface area contributed by atoms with Crippen LogP contribution in [-0.4, -0.2) is 55.7 Å². The highest BCUT2D eigenvalue weighted by atomic mass is 16.5. The second-order valence-electron chi connectivity index (χ2n) is 5.55. The minimum absolute atomic E-state index is 0.213. The van der Waals surface area contributed by atoms with Crippen LogP contribution in [0.1, 0.15) is 32.1 Å². The van der Waals surface area contributed by atoms with Gasteiger partial charge in [-0.3, -0.25) is 9.69 Å². The lowest BCUT2D eigenvalue weighted by Gasteiger charge is -2.31. The zero-order valence-corrected chi connectivity index (χ0v) is 11.4. The molecule has 1 amide bonds. The number of rotatable bonds is 7. The molecule has 2 aliphatic carbocycles. The molecule has 0 aromatic heterocycles. The molecule has 0 aromatic carbocycles. The van der Waals surface area contributed by atoms with E-state index in [1.807, 2.05) is 7.05 Å². The van der Waals surface area contributed by atoms with Gasteiger partial charge in [0.2, 0.25) is 5.91 Å². The Kier molecular flexibility index (Phi) is 4.25. The zero-order valence-electron chi connectivity index (χ0n) is 11.4. The van der Waals surface area contributed by atoms with Crippen molar-refractivity contribution in [2.75, 3.05) is 27.3 Å². The summed E-state index contributed by atoms with van der Waals surface area (Å²) >= 11 is 0. The molecular formula is C13H25N3O2. The molecular weight excluding hydrogens is 230 g/mol. The van der Waals surface area contributed by atoms with Crippen molar-refractivity contribution in [1.29, 1.82) is 0 Å². The van der Waals surface area contributed by atoms with Gasteiger partial charge >= 0.3 is 0 Å². The van der Waals surface area contributed by atoms with Crippen molar-refractivity contribution in [2.24, 2.45) is 5.73 Å². The number of primary amides is 1. The molecule has 2 atom stereocenters. The Morgan fingerprint density at radius 3 is 2.61 bits per heavy atom. The topological polar surface area (TPSA) is 67.6 Å². The Morgan fingerprint density at radius 1 is 1.44 bits per heavy atom. The number of nitrogens with two attached hydrogens (primary N) is 1. The van der Waals surface area contributed by atoms with E-state index in [0.717, 1.165) is 32.4 Å². The van der Waals surface area contributed by atoms with Gasteiger partial charge in [0.05, 0.1) is 12.1 Å². The summed E-state index contributed by atoms with van der Waals surface area (Å²) in [6, 6.07) is 1.17. The monoisotopic (exact) mass is 255 g/mol. The highest BCUT2D eigenvalue weighted by molar-refractivity contribution is 5.85. The molecule has 2 saturated carbocycles. The molecule has 3 N–H and O–H groups in total. The molecule has 5 nitrogen and oxygen atoms in total. The maximum Gasteiger partial charge on any atom is 0.237 e. The molecule has 18 heavy (non-hydrogen) atoms. The van der Waals surface area contributed by atoms with Gasteiger partial charge in [-0.1, -0.05) is 0 Å². The van der Waals surface area contributed by atoms with Crippen LogP contribution < -0.4 is 11.1 Å². The van der Waals surface area contributed by atoms with Gasteiger partial charge in [-0.2, -0.15) is 0 Å². The summed E-state index contributed by atoms with van der Waals surface area (Å²) < 4.78 is 5.19. The van der Waals surface area contributed by atoms with E-state index in [0.29, 0.717) is 12.1 Å². The fourth-order valence-electron chi connectivity index (χ4n) is 3.14. The van der Waals surface area contributed by atoms with Crippen molar-refractivity contribution in [3.05, 3.63) is 0 Å². The van der Waals surface area contributed by atoms with E-state index < -0.39 is 5.54 Å². The minimum Gasteiger partial charge on any atom is -0.383 e. The number of likely N-dealkylation sites (N-methyl/N-ethyl adjacent to an activating group) is 1. The fourth-order valence-corrected chi connectivity index (χ4v) is 3.14. The van der Waals surface area contributed by atoms with Crippen LogP contribution in [0, 0.1) is 0 Å². The van der Waals surface area contributed by atoms with Crippen LogP contribution in [0.25, 0.3) is 0 Å². The van der Waals surface area contributed by atoms with Crippen LogP contribution in [0.5, 0.6) is 0 Å². The molecule has 2 fully saturated rings. The molecule has 0 bridgehead atoms. The smallest absolute Gasteiger partial charge is 0.237 e. The molecule has 2 aliphatic rings. The molecule has 0 radical (unpaired) electrons. The number of methoxy groups -OCH3 is 1. The fraction of sp³-hybridized carbons (Fsp3) is 0.923. The highest BCUT2D eigenvalue weighted by Crippen LogP contribution is 2.38. The van der Waals surface area contributed by atoms with Crippen molar-refractivity contribution in [2.45, 2.75) is 49.7 Å². The van der Waals surface area contributed by atoms with Gasteiger partial charge in [-0.25, -0.2) is 0 Å². The summed E-state index contributed by atoms with van der Waals surface area (Å²) in [5.74, 6) is -0.213. The largest absolute Gasteiger partial charge is 0.383 e. The lowest BCUT2D eigenvalue weighted by Crippen LogP contribution is -2.53. The zero-order chi connectivity index (χ0) is 13.2. The van der Waals surface area contributed by atoms with Crippen LogP contribution in [0.15, 0.2) is 0 Å². The van der Waals surface area contributed by atoms with Crippen molar-refractivity contribution in [1.82, 2.24) is 10.2 Å². The van der Waals surface area contributed by atoms with E-state index in [4.69, 9.17) is 10.5 Å². The Balaban J connectivity index is 1.98. The van der Waals surface area contributed by atoms with Gasteiger partial charge in [0.15, 0.2) is 0 Å². The van der Waals surface area contributed by atoms with E-state index in [-0.39, 0.29) is 5.91 Å². The van der Waals surface area contributed by atoms with Crippen molar-refractivity contribution in [3.8, 4) is 0 Å². The first-order valence-electron chi connectivity index (χ1n) is 6.86. The SMILES string of the molecule is CNC1(C(N)=O)CCC(N(CCOC)C2CC2)C1. The van der Waals surface area contributed by atoms with Gasteiger partial charge in [-0.05, 0) is 39.2 Å². The van der Waals surface area contributed by atoms with Gasteiger partial charge in [0.1, 0.15) is 0 Å². The van der Waals surface area contributed by atoms with E-state index >= 15 is 0 Å². The van der Waals surface area contributed by atoms with Crippen LogP contribution in [-0.2, 0) is 9.53 Å². The predicted octanol–water partition coefficient (Wildman–Crippen LogP) is 0.0932. The van der Waals surface area contributed by atoms with Gasteiger partial charge in [-0.15, -0.1) is 0 Å². The third-order valence-corrected chi connectivity index (χ3v) is 4.48. The minimum atomic E-state index is -0.495. The highest BCUT2D eigenvalue weighted by Gasteiger charge is 2.46. The van der Waals surface area contributed by atoms with E-state index in [9.17, 15) is 4.79 Å². The van der Waals surface area contributed by atoms with Gasteiger partial charge < -0.3 is 15.8 Å². The Labute approximate surface area is 109 Å². The molecule has 0 heterocycles. The second-order valence-corrected chi connectivity index (χ2v) is 5.55. The molecule has 2 unspecified atom stereocenters. The average molecular weight is 255 g/mol. The number of amides is 1. The third-order valence-electron chi connectivity index (χ3n) is 4.48. The van der Waals surface area contributed by atoms with Crippen LogP contribution in [0.4, 0.5) is 0 Å². The molecule has 0 aromatic rings. The number of carbonyl (C=O) groups is 1. The maximum absolute atomic E-state index is 11.6. The first kappa shape index (κ1) is 13.8. The predicted molar refractivity (Wildman–Crippen MR) is 70.2 cm³/mol. The summed E-state index contributed by atoms with van der Waals surface area (Å²) in [5, 5.41) is 3.14. The molecule has 5 heteroatoms. The lowest BCUT2D eigenvalue weighted by atomic mass is 9.96.